The van der Waals surface area contributed by atoms with Crippen LogP contribution in [0.5, 0.6) is 11.5 Å². The van der Waals surface area contributed by atoms with Gasteiger partial charge in [0.1, 0.15) is 16.9 Å². The van der Waals surface area contributed by atoms with Gasteiger partial charge in [-0.3, -0.25) is 4.79 Å². The number of amides is 1. The van der Waals surface area contributed by atoms with E-state index in [9.17, 15) is 4.79 Å². The third-order valence-corrected chi connectivity index (χ3v) is 5.04. The lowest BCUT2D eigenvalue weighted by molar-refractivity contribution is -0.128. The number of methoxy groups -OCH3 is 2. The molecule has 0 saturated carbocycles. The molecule has 1 aromatic carbocycles. The highest BCUT2D eigenvalue weighted by Gasteiger charge is 2.33. The summed E-state index contributed by atoms with van der Waals surface area (Å²) in [4.78, 5) is 14.1. The molecule has 1 fully saturated rings. The minimum atomic E-state index is -0.0484. The van der Waals surface area contributed by atoms with E-state index in [0.717, 1.165) is 17.1 Å². The van der Waals surface area contributed by atoms with E-state index in [2.05, 4.69) is 0 Å². The highest BCUT2D eigenvalue weighted by Crippen LogP contribution is 2.42. The first-order chi connectivity index (χ1) is 11.1. The van der Waals surface area contributed by atoms with Crippen LogP contribution in [0.15, 0.2) is 34.7 Å². The van der Waals surface area contributed by atoms with E-state index in [-0.39, 0.29) is 11.3 Å². The van der Waals surface area contributed by atoms with Gasteiger partial charge >= 0.3 is 0 Å². The summed E-state index contributed by atoms with van der Waals surface area (Å²) in [6, 6.07) is 9.59. The fourth-order valence-corrected chi connectivity index (χ4v) is 3.82. The molecule has 0 bridgehead atoms. The Labute approximate surface area is 139 Å². The Morgan fingerprint density at radius 2 is 2.00 bits per heavy atom. The lowest BCUT2D eigenvalue weighted by Gasteiger charge is -2.24. The number of carbonyl (C=O) groups excluding carboxylic acids is 1. The largest absolute Gasteiger partial charge is 0.493 e. The second-order valence-electron chi connectivity index (χ2n) is 5.31. The van der Waals surface area contributed by atoms with Crippen molar-refractivity contribution >= 4 is 17.7 Å². The summed E-state index contributed by atoms with van der Waals surface area (Å²) in [5.74, 6) is 3.57. The highest BCUT2D eigenvalue weighted by atomic mass is 32.2. The van der Waals surface area contributed by atoms with Crippen LogP contribution in [-0.2, 0) is 11.3 Å². The maximum absolute atomic E-state index is 12.3. The number of benzene rings is 1. The summed E-state index contributed by atoms with van der Waals surface area (Å²) in [5.41, 5.74) is 1.02. The van der Waals surface area contributed by atoms with Crippen molar-refractivity contribution in [1.29, 1.82) is 0 Å². The maximum Gasteiger partial charge on any atom is 0.234 e. The molecule has 0 spiro atoms. The average molecular weight is 333 g/mol. The Morgan fingerprint density at radius 1 is 1.22 bits per heavy atom. The van der Waals surface area contributed by atoms with E-state index in [1.54, 1.807) is 26.0 Å². The molecule has 2 aromatic rings. The van der Waals surface area contributed by atoms with Gasteiger partial charge in [0.05, 0.1) is 26.5 Å². The van der Waals surface area contributed by atoms with Crippen molar-refractivity contribution in [1.82, 2.24) is 4.90 Å². The van der Waals surface area contributed by atoms with E-state index in [4.69, 9.17) is 13.9 Å². The molecule has 6 heteroatoms. The predicted octanol–water partition coefficient (Wildman–Crippen LogP) is 3.38. The highest BCUT2D eigenvalue weighted by molar-refractivity contribution is 8.00. The Morgan fingerprint density at radius 3 is 2.65 bits per heavy atom. The molecule has 1 amide bonds. The van der Waals surface area contributed by atoms with Gasteiger partial charge in [0.2, 0.25) is 5.91 Å². The number of thioether (sulfide) groups is 1. The molecule has 1 unspecified atom stereocenters. The van der Waals surface area contributed by atoms with Crippen LogP contribution in [0.2, 0.25) is 0 Å². The van der Waals surface area contributed by atoms with Crippen LogP contribution in [0.25, 0.3) is 0 Å². The molecular weight excluding hydrogens is 314 g/mol. The van der Waals surface area contributed by atoms with Gasteiger partial charge in [-0.1, -0.05) is 6.07 Å². The van der Waals surface area contributed by atoms with Crippen molar-refractivity contribution in [3.8, 4) is 11.5 Å². The maximum atomic E-state index is 12.3. The molecule has 0 radical (unpaired) electrons. The number of carbonyl (C=O) groups is 1. The van der Waals surface area contributed by atoms with Crippen LogP contribution in [0.3, 0.4) is 0 Å². The van der Waals surface area contributed by atoms with Crippen LogP contribution >= 0.6 is 11.8 Å². The van der Waals surface area contributed by atoms with Gasteiger partial charge < -0.3 is 18.8 Å². The van der Waals surface area contributed by atoms with E-state index in [1.165, 1.54) is 0 Å². The minimum Gasteiger partial charge on any atom is -0.493 e. The van der Waals surface area contributed by atoms with Crippen molar-refractivity contribution in [3.05, 3.63) is 47.4 Å². The van der Waals surface area contributed by atoms with Crippen LogP contribution in [0.1, 0.15) is 22.5 Å². The SMILES string of the molecule is COc1ccc(C2SCC(=O)N2Cc2ccc(C)o2)cc1OC. The first-order valence-electron chi connectivity index (χ1n) is 7.30. The summed E-state index contributed by atoms with van der Waals surface area (Å²) in [5, 5.41) is -0.0484. The summed E-state index contributed by atoms with van der Waals surface area (Å²) < 4.78 is 16.2. The molecule has 122 valence electrons. The van der Waals surface area contributed by atoms with E-state index in [1.807, 2.05) is 42.2 Å². The molecule has 0 N–H and O–H groups in total. The van der Waals surface area contributed by atoms with Gasteiger partial charge in [-0.05, 0) is 36.8 Å². The number of hydrogen-bond donors (Lipinski definition) is 0. The zero-order chi connectivity index (χ0) is 16.4. The first-order valence-corrected chi connectivity index (χ1v) is 8.35. The Hall–Kier alpha value is -2.08. The average Bonchev–Trinajstić information content (AvgIpc) is 3.13. The van der Waals surface area contributed by atoms with E-state index in [0.29, 0.717) is 23.8 Å². The monoisotopic (exact) mass is 333 g/mol. The number of furan rings is 1. The third-order valence-electron chi connectivity index (χ3n) is 3.78. The lowest BCUT2D eigenvalue weighted by atomic mass is 10.1. The molecule has 1 aromatic heterocycles. The van der Waals surface area contributed by atoms with Gasteiger partial charge in [-0.15, -0.1) is 11.8 Å². The molecule has 1 atom stereocenters. The smallest absolute Gasteiger partial charge is 0.234 e. The van der Waals surface area contributed by atoms with Gasteiger partial charge in [0.25, 0.3) is 0 Å². The molecule has 2 heterocycles. The Kier molecular flexibility index (Phi) is 4.52. The zero-order valence-electron chi connectivity index (χ0n) is 13.4. The zero-order valence-corrected chi connectivity index (χ0v) is 14.2. The van der Waals surface area contributed by atoms with Crippen molar-refractivity contribution in [2.24, 2.45) is 0 Å². The van der Waals surface area contributed by atoms with Crippen LogP contribution in [0.4, 0.5) is 0 Å². The van der Waals surface area contributed by atoms with Gasteiger partial charge in [-0.25, -0.2) is 0 Å². The number of nitrogens with zero attached hydrogens (tertiary/aromatic N) is 1. The standard InChI is InChI=1S/C17H19NO4S/c1-11-4-6-13(22-11)9-18-16(19)10-23-17(18)12-5-7-14(20-2)15(8-12)21-3/h4-8,17H,9-10H2,1-3H3. The van der Waals surface area contributed by atoms with Crippen LogP contribution in [0, 0.1) is 6.92 Å². The third kappa shape index (κ3) is 3.17. The fraction of sp³-hybridized carbons (Fsp3) is 0.353. The van der Waals surface area contributed by atoms with E-state index >= 15 is 0 Å². The molecule has 1 aliphatic rings. The second kappa shape index (κ2) is 6.58. The number of ether oxygens (including phenoxy) is 2. The molecular formula is C17H19NO4S. The van der Waals surface area contributed by atoms with Gasteiger partial charge in [0.15, 0.2) is 11.5 Å². The number of rotatable bonds is 5. The Bertz CT molecular complexity index is 712. The van der Waals surface area contributed by atoms with Crippen LogP contribution < -0.4 is 9.47 Å². The minimum absolute atomic E-state index is 0.0484. The van der Waals surface area contributed by atoms with Gasteiger partial charge in [-0.2, -0.15) is 0 Å². The number of hydrogen-bond acceptors (Lipinski definition) is 5. The van der Waals surface area contributed by atoms with Gasteiger partial charge in [0, 0.05) is 0 Å². The summed E-state index contributed by atoms with van der Waals surface area (Å²) in [7, 11) is 3.22. The molecule has 1 saturated heterocycles. The summed E-state index contributed by atoms with van der Waals surface area (Å²) in [6.07, 6.45) is 0. The normalized spacial score (nSPS) is 17.6. The predicted molar refractivity (Wildman–Crippen MR) is 88.7 cm³/mol. The lowest BCUT2D eigenvalue weighted by Crippen LogP contribution is -2.27. The number of aryl methyl sites for hydroxylation is 1. The summed E-state index contributed by atoms with van der Waals surface area (Å²) in [6.45, 7) is 2.37. The Balaban J connectivity index is 1.86. The van der Waals surface area contributed by atoms with E-state index < -0.39 is 0 Å². The van der Waals surface area contributed by atoms with Crippen molar-refractivity contribution in [2.45, 2.75) is 18.8 Å². The van der Waals surface area contributed by atoms with Crippen LogP contribution in [-0.4, -0.2) is 30.8 Å². The summed E-state index contributed by atoms with van der Waals surface area (Å²) >= 11 is 1.61. The molecule has 23 heavy (non-hydrogen) atoms. The fourth-order valence-electron chi connectivity index (χ4n) is 2.65. The van der Waals surface area contributed by atoms with Crippen molar-refractivity contribution in [2.75, 3.05) is 20.0 Å². The van der Waals surface area contributed by atoms with Crippen molar-refractivity contribution in [3.63, 3.8) is 0 Å². The first kappa shape index (κ1) is 15.8. The molecule has 1 aliphatic heterocycles. The quantitative estimate of drug-likeness (QED) is 0.839. The molecule has 3 rings (SSSR count). The topological polar surface area (TPSA) is 51.9 Å². The second-order valence-corrected chi connectivity index (χ2v) is 6.38. The molecule has 0 aliphatic carbocycles. The van der Waals surface area contributed by atoms with Crippen molar-refractivity contribution < 1.29 is 18.7 Å². The molecule has 5 nitrogen and oxygen atoms in total.